The van der Waals surface area contributed by atoms with Gasteiger partial charge in [-0.25, -0.2) is 9.59 Å². The summed E-state index contributed by atoms with van der Waals surface area (Å²) in [6, 6.07) is -0.212. The monoisotopic (exact) mass is 286 g/mol. The number of nitrogens with zero attached hydrogens (tertiary/aromatic N) is 1. The van der Waals surface area contributed by atoms with Gasteiger partial charge in [-0.3, -0.25) is 0 Å². The van der Waals surface area contributed by atoms with Gasteiger partial charge in [0.25, 0.3) is 0 Å². The van der Waals surface area contributed by atoms with E-state index in [4.69, 9.17) is 0 Å². The summed E-state index contributed by atoms with van der Waals surface area (Å²) in [4.78, 5) is 25.5. The van der Waals surface area contributed by atoms with Crippen molar-refractivity contribution in [3.63, 3.8) is 0 Å². The highest BCUT2D eigenvalue weighted by Crippen LogP contribution is 2.29. The van der Waals surface area contributed by atoms with Gasteiger partial charge in [-0.1, -0.05) is 26.2 Å². The Labute approximate surface area is 118 Å². The number of aliphatic carboxylic acids is 1. The van der Waals surface area contributed by atoms with Crippen LogP contribution in [-0.2, 0) is 4.79 Å². The molecule has 1 unspecified atom stereocenters. The number of nitrogens with one attached hydrogen (secondary N) is 1. The van der Waals surface area contributed by atoms with Crippen LogP contribution >= 0.6 is 11.8 Å². The highest BCUT2D eigenvalue weighted by Gasteiger charge is 2.42. The maximum absolute atomic E-state index is 12.3. The molecule has 2 amide bonds. The summed E-state index contributed by atoms with van der Waals surface area (Å²) in [5.41, 5.74) is -1.04. The van der Waals surface area contributed by atoms with Crippen molar-refractivity contribution in [2.45, 2.75) is 49.8 Å². The molecule has 2 fully saturated rings. The first kappa shape index (κ1) is 14.5. The number of urea groups is 1. The fourth-order valence-corrected chi connectivity index (χ4v) is 3.85. The fourth-order valence-electron chi connectivity index (χ4n) is 2.83. The Balaban J connectivity index is 2.00. The van der Waals surface area contributed by atoms with Gasteiger partial charge in [-0.2, -0.15) is 11.8 Å². The minimum Gasteiger partial charge on any atom is -0.480 e. The van der Waals surface area contributed by atoms with Gasteiger partial charge in [0.15, 0.2) is 0 Å². The summed E-state index contributed by atoms with van der Waals surface area (Å²) in [6.45, 7) is 3.50. The van der Waals surface area contributed by atoms with Crippen LogP contribution in [0.2, 0.25) is 0 Å². The molecule has 19 heavy (non-hydrogen) atoms. The first-order chi connectivity index (χ1) is 9.03. The molecule has 5 nitrogen and oxygen atoms in total. The van der Waals surface area contributed by atoms with Crippen molar-refractivity contribution in [1.82, 2.24) is 10.2 Å². The molecule has 6 heteroatoms. The van der Waals surface area contributed by atoms with Gasteiger partial charge in [0.1, 0.15) is 5.54 Å². The molecule has 1 atom stereocenters. The number of carbonyl (C=O) groups excluding carboxylic acids is 1. The zero-order chi connectivity index (χ0) is 13.9. The normalized spacial score (nSPS) is 26.8. The molecule has 0 aromatic carbocycles. The van der Waals surface area contributed by atoms with Crippen LogP contribution in [0.4, 0.5) is 4.79 Å². The summed E-state index contributed by atoms with van der Waals surface area (Å²) in [6.07, 6.45) is 3.90. The molecule has 0 aromatic heterocycles. The summed E-state index contributed by atoms with van der Waals surface area (Å²) < 4.78 is 0. The Morgan fingerprint density at radius 3 is 2.58 bits per heavy atom. The molecular formula is C13H22N2O3S. The van der Waals surface area contributed by atoms with Gasteiger partial charge >= 0.3 is 12.0 Å². The van der Waals surface area contributed by atoms with Crippen molar-refractivity contribution in [2.75, 3.05) is 18.8 Å². The lowest BCUT2D eigenvalue weighted by Gasteiger charge is -2.38. The Hall–Kier alpha value is -0.910. The lowest BCUT2D eigenvalue weighted by Crippen LogP contribution is -2.60. The maximum Gasteiger partial charge on any atom is 0.329 e. The van der Waals surface area contributed by atoms with Gasteiger partial charge in [0, 0.05) is 24.1 Å². The van der Waals surface area contributed by atoms with E-state index in [1.807, 2.05) is 11.8 Å². The summed E-state index contributed by atoms with van der Waals surface area (Å²) in [7, 11) is 0. The average Bonchev–Trinajstić information content (AvgIpc) is 2.39. The largest absolute Gasteiger partial charge is 0.480 e. The van der Waals surface area contributed by atoms with Crippen LogP contribution in [-0.4, -0.2) is 51.6 Å². The molecule has 2 N–H and O–H groups in total. The van der Waals surface area contributed by atoms with E-state index in [1.54, 1.807) is 4.90 Å². The summed E-state index contributed by atoms with van der Waals surface area (Å²) in [5, 5.41) is 12.7. The van der Waals surface area contributed by atoms with Crippen LogP contribution in [0.1, 0.15) is 39.0 Å². The SMILES string of the molecule is CC1CN(C(=O)NC2(C(=O)O)CCCCC2)CCS1. The molecule has 1 aliphatic heterocycles. The second kappa shape index (κ2) is 6.03. The number of carboxylic acid groups (broad SMARTS) is 1. The average molecular weight is 286 g/mol. The molecule has 0 aromatic rings. The fraction of sp³-hybridized carbons (Fsp3) is 0.846. The van der Waals surface area contributed by atoms with Crippen molar-refractivity contribution in [3.05, 3.63) is 0 Å². The number of thioether (sulfide) groups is 1. The van der Waals surface area contributed by atoms with E-state index in [0.717, 1.165) is 25.0 Å². The maximum atomic E-state index is 12.3. The molecule has 0 spiro atoms. The number of amides is 2. The molecule has 0 radical (unpaired) electrons. The summed E-state index contributed by atoms with van der Waals surface area (Å²) >= 11 is 1.85. The highest BCUT2D eigenvalue weighted by molar-refractivity contribution is 7.99. The molecule has 1 saturated heterocycles. The van der Waals surface area contributed by atoms with E-state index in [1.165, 1.54) is 0 Å². The van der Waals surface area contributed by atoms with E-state index in [9.17, 15) is 14.7 Å². The molecule has 1 saturated carbocycles. The van der Waals surface area contributed by atoms with Gasteiger partial charge in [-0.15, -0.1) is 0 Å². The third-order valence-electron chi connectivity index (χ3n) is 3.99. The van der Waals surface area contributed by atoms with E-state index in [0.29, 0.717) is 31.2 Å². The van der Waals surface area contributed by atoms with Crippen molar-refractivity contribution >= 4 is 23.8 Å². The van der Waals surface area contributed by atoms with E-state index >= 15 is 0 Å². The lowest BCUT2D eigenvalue weighted by molar-refractivity contribution is -0.146. The van der Waals surface area contributed by atoms with Gasteiger partial charge in [0.2, 0.25) is 0 Å². The Morgan fingerprint density at radius 1 is 1.32 bits per heavy atom. The first-order valence-electron chi connectivity index (χ1n) is 6.96. The molecule has 2 rings (SSSR count). The minimum absolute atomic E-state index is 0.212. The van der Waals surface area contributed by atoms with E-state index < -0.39 is 11.5 Å². The van der Waals surface area contributed by atoms with Gasteiger partial charge in [-0.05, 0) is 12.8 Å². The smallest absolute Gasteiger partial charge is 0.329 e. The van der Waals surface area contributed by atoms with Gasteiger partial charge < -0.3 is 15.3 Å². The van der Waals surface area contributed by atoms with Crippen LogP contribution in [0.25, 0.3) is 0 Å². The lowest BCUT2D eigenvalue weighted by atomic mass is 9.82. The van der Waals surface area contributed by atoms with Crippen molar-refractivity contribution in [1.29, 1.82) is 0 Å². The van der Waals surface area contributed by atoms with Crippen molar-refractivity contribution < 1.29 is 14.7 Å². The highest BCUT2D eigenvalue weighted by atomic mass is 32.2. The minimum atomic E-state index is -1.04. The first-order valence-corrected chi connectivity index (χ1v) is 8.00. The van der Waals surface area contributed by atoms with Crippen LogP contribution in [0.5, 0.6) is 0 Å². The molecule has 2 aliphatic rings. The molecule has 0 bridgehead atoms. The van der Waals surface area contributed by atoms with Crippen LogP contribution in [0.3, 0.4) is 0 Å². The Kier molecular flexibility index (Phi) is 4.60. The zero-order valence-corrected chi connectivity index (χ0v) is 12.2. The molecule has 108 valence electrons. The quantitative estimate of drug-likeness (QED) is 0.813. The second-order valence-electron chi connectivity index (χ2n) is 5.51. The predicted octanol–water partition coefficient (Wildman–Crippen LogP) is 1.92. The predicted molar refractivity (Wildman–Crippen MR) is 75.5 cm³/mol. The number of carbonyl (C=O) groups is 2. The van der Waals surface area contributed by atoms with Crippen LogP contribution in [0.15, 0.2) is 0 Å². The number of carboxylic acids is 1. The third-order valence-corrected chi connectivity index (χ3v) is 5.13. The molecule has 1 aliphatic carbocycles. The molecular weight excluding hydrogens is 264 g/mol. The zero-order valence-electron chi connectivity index (χ0n) is 11.4. The van der Waals surface area contributed by atoms with Crippen molar-refractivity contribution in [3.8, 4) is 0 Å². The van der Waals surface area contributed by atoms with Crippen LogP contribution in [0, 0.1) is 0 Å². The third kappa shape index (κ3) is 3.35. The second-order valence-corrected chi connectivity index (χ2v) is 7.05. The topological polar surface area (TPSA) is 69.6 Å². The van der Waals surface area contributed by atoms with E-state index in [-0.39, 0.29) is 6.03 Å². The Morgan fingerprint density at radius 2 is 2.00 bits per heavy atom. The Bertz CT molecular complexity index is 356. The number of rotatable bonds is 2. The number of hydrogen-bond donors (Lipinski definition) is 2. The van der Waals surface area contributed by atoms with Gasteiger partial charge in [0.05, 0.1) is 0 Å². The van der Waals surface area contributed by atoms with Crippen LogP contribution < -0.4 is 5.32 Å². The number of hydrogen-bond acceptors (Lipinski definition) is 3. The summed E-state index contributed by atoms with van der Waals surface area (Å²) in [5.74, 6) is 0.0364. The van der Waals surface area contributed by atoms with Crippen molar-refractivity contribution in [2.24, 2.45) is 0 Å². The molecule has 1 heterocycles. The van der Waals surface area contributed by atoms with E-state index in [2.05, 4.69) is 12.2 Å². The standard InChI is InChI=1S/C13H22N2O3S/c1-10-9-15(7-8-19-10)12(18)14-13(11(16)17)5-3-2-4-6-13/h10H,2-9H2,1H3,(H,14,18)(H,16,17).